The van der Waals surface area contributed by atoms with Crippen LogP contribution in [0.2, 0.25) is 0 Å². The Hall–Kier alpha value is -0.370. The first-order valence-electron chi connectivity index (χ1n) is 3.93. The Balaban J connectivity index is 2.67. The number of ketones is 1. The van der Waals surface area contributed by atoms with Gasteiger partial charge in [0.15, 0.2) is 0 Å². The van der Waals surface area contributed by atoms with Crippen LogP contribution in [0.3, 0.4) is 0 Å². The van der Waals surface area contributed by atoms with Crippen LogP contribution in [0.1, 0.15) is 26.7 Å². The molecule has 0 spiro atoms. The van der Waals surface area contributed by atoms with Gasteiger partial charge in [0.2, 0.25) is 0 Å². The lowest BCUT2D eigenvalue weighted by molar-refractivity contribution is -0.125. The van der Waals surface area contributed by atoms with Gasteiger partial charge in [0.1, 0.15) is 5.78 Å². The summed E-state index contributed by atoms with van der Waals surface area (Å²) < 4.78 is 0. The molecule has 10 heavy (non-hydrogen) atoms. The van der Waals surface area contributed by atoms with E-state index in [1.165, 1.54) is 0 Å². The number of carbonyl (C=O) groups excluding carboxylic acids is 1. The van der Waals surface area contributed by atoms with Gasteiger partial charge >= 0.3 is 0 Å². The summed E-state index contributed by atoms with van der Waals surface area (Å²) >= 11 is 0. The van der Waals surface area contributed by atoms with Gasteiger partial charge in [-0.25, -0.2) is 0 Å². The van der Waals surface area contributed by atoms with Gasteiger partial charge in [-0.05, 0) is 26.3 Å². The largest absolute Gasteiger partial charge is 0.316 e. The van der Waals surface area contributed by atoms with E-state index in [0.29, 0.717) is 5.78 Å². The smallest absolute Gasteiger partial charge is 0.137 e. The third-order valence-electron chi connectivity index (χ3n) is 2.67. The summed E-state index contributed by atoms with van der Waals surface area (Å²) in [5.41, 5.74) is -0.0139. The summed E-state index contributed by atoms with van der Waals surface area (Å²) in [5, 5.41) is 3.22. The first-order chi connectivity index (χ1) is 4.71. The van der Waals surface area contributed by atoms with Gasteiger partial charge < -0.3 is 5.32 Å². The van der Waals surface area contributed by atoms with Crippen LogP contribution in [0, 0.1) is 5.41 Å². The molecule has 0 bridgehead atoms. The van der Waals surface area contributed by atoms with Crippen LogP contribution in [-0.2, 0) is 4.79 Å². The molecule has 1 unspecified atom stereocenters. The Morgan fingerprint density at radius 3 is 2.60 bits per heavy atom. The number of carbonyl (C=O) groups is 1. The highest BCUT2D eigenvalue weighted by atomic mass is 16.1. The predicted molar refractivity (Wildman–Crippen MR) is 40.9 cm³/mol. The zero-order chi connectivity index (χ0) is 7.61. The summed E-state index contributed by atoms with van der Waals surface area (Å²) in [6.07, 6.45) is 2.01. The van der Waals surface area contributed by atoms with Gasteiger partial charge in [0.25, 0.3) is 0 Å². The van der Waals surface area contributed by atoms with E-state index in [1.54, 1.807) is 6.92 Å². The topological polar surface area (TPSA) is 29.1 Å². The zero-order valence-corrected chi connectivity index (χ0v) is 6.74. The van der Waals surface area contributed by atoms with Crippen LogP contribution >= 0.6 is 0 Å². The molecule has 1 saturated heterocycles. The molecule has 1 atom stereocenters. The Kier molecular flexibility index (Phi) is 2.09. The quantitative estimate of drug-likeness (QED) is 0.620. The maximum absolute atomic E-state index is 11.2. The van der Waals surface area contributed by atoms with Gasteiger partial charge in [0.05, 0.1) is 0 Å². The van der Waals surface area contributed by atoms with Gasteiger partial charge in [-0.3, -0.25) is 4.79 Å². The highest BCUT2D eigenvalue weighted by Crippen LogP contribution is 2.29. The standard InChI is InChI=1S/C8H15NO/c1-3-8(7(2)10)4-5-9-6-8/h9H,3-6H2,1-2H3. The average Bonchev–Trinajstić information content (AvgIpc) is 2.35. The van der Waals surface area contributed by atoms with Crippen LogP contribution in [0.4, 0.5) is 0 Å². The SMILES string of the molecule is CCC1(C(C)=O)CCNC1. The lowest BCUT2D eigenvalue weighted by Gasteiger charge is -2.22. The van der Waals surface area contributed by atoms with Crippen molar-refractivity contribution in [1.29, 1.82) is 0 Å². The first kappa shape index (κ1) is 7.73. The molecule has 0 radical (unpaired) electrons. The van der Waals surface area contributed by atoms with E-state index in [1.807, 2.05) is 0 Å². The van der Waals surface area contributed by atoms with Crippen molar-refractivity contribution in [2.24, 2.45) is 5.41 Å². The lowest BCUT2D eigenvalue weighted by atomic mass is 9.81. The van der Waals surface area contributed by atoms with Crippen molar-refractivity contribution in [1.82, 2.24) is 5.32 Å². The van der Waals surface area contributed by atoms with E-state index in [4.69, 9.17) is 0 Å². The van der Waals surface area contributed by atoms with Crippen molar-refractivity contribution in [2.75, 3.05) is 13.1 Å². The fraction of sp³-hybridized carbons (Fsp3) is 0.875. The molecule has 0 aromatic carbocycles. The summed E-state index contributed by atoms with van der Waals surface area (Å²) in [7, 11) is 0. The molecule has 1 rings (SSSR count). The fourth-order valence-corrected chi connectivity index (χ4v) is 1.59. The van der Waals surface area contributed by atoms with Gasteiger partial charge in [-0.2, -0.15) is 0 Å². The second-order valence-electron chi connectivity index (χ2n) is 3.12. The second-order valence-corrected chi connectivity index (χ2v) is 3.12. The molecule has 58 valence electrons. The van der Waals surface area contributed by atoms with Crippen LogP contribution < -0.4 is 5.32 Å². The molecule has 1 heterocycles. The van der Waals surface area contributed by atoms with Crippen molar-refractivity contribution >= 4 is 5.78 Å². The number of Topliss-reactive ketones (excluding diaryl/α,β-unsaturated/α-hetero) is 1. The Morgan fingerprint density at radius 1 is 1.70 bits per heavy atom. The normalized spacial score (nSPS) is 32.6. The van der Waals surface area contributed by atoms with E-state index in [0.717, 1.165) is 25.9 Å². The van der Waals surface area contributed by atoms with Gasteiger partial charge in [0, 0.05) is 12.0 Å². The minimum Gasteiger partial charge on any atom is -0.316 e. The van der Waals surface area contributed by atoms with Gasteiger partial charge in [-0.15, -0.1) is 0 Å². The van der Waals surface area contributed by atoms with Crippen molar-refractivity contribution in [3.63, 3.8) is 0 Å². The fourth-order valence-electron chi connectivity index (χ4n) is 1.59. The Bertz CT molecular complexity index is 136. The van der Waals surface area contributed by atoms with Crippen molar-refractivity contribution in [3.8, 4) is 0 Å². The molecule has 2 heteroatoms. The van der Waals surface area contributed by atoms with Crippen molar-refractivity contribution in [3.05, 3.63) is 0 Å². The molecule has 1 N–H and O–H groups in total. The molecule has 0 aromatic heterocycles. The number of hydrogen-bond acceptors (Lipinski definition) is 2. The third-order valence-corrected chi connectivity index (χ3v) is 2.67. The van der Waals surface area contributed by atoms with Crippen LogP contribution in [0.5, 0.6) is 0 Å². The molecule has 1 aliphatic rings. The third kappa shape index (κ3) is 1.08. The van der Waals surface area contributed by atoms with Crippen LogP contribution in [-0.4, -0.2) is 18.9 Å². The second kappa shape index (κ2) is 2.70. The van der Waals surface area contributed by atoms with Crippen molar-refractivity contribution in [2.45, 2.75) is 26.7 Å². The molecule has 0 aromatic rings. The molecule has 0 aliphatic carbocycles. The maximum Gasteiger partial charge on any atom is 0.137 e. The monoisotopic (exact) mass is 141 g/mol. The molecule has 1 fully saturated rings. The van der Waals surface area contributed by atoms with Crippen molar-refractivity contribution < 1.29 is 4.79 Å². The summed E-state index contributed by atoms with van der Waals surface area (Å²) in [6, 6.07) is 0. The zero-order valence-electron chi connectivity index (χ0n) is 6.74. The van der Waals surface area contributed by atoms with E-state index in [-0.39, 0.29) is 5.41 Å². The van der Waals surface area contributed by atoms with E-state index in [9.17, 15) is 4.79 Å². The maximum atomic E-state index is 11.2. The first-order valence-corrected chi connectivity index (χ1v) is 3.93. The summed E-state index contributed by atoms with van der Waals surface area (Å²) in [4.78, 5) is 11.2. The molecular weight excluding hydrogens is 126 g/mol. The number of nitrogens with one attached hydrogen (secondary N) is 1. The molecular formula is C8H15NO. The van der Waals surface area contributed by atoms with Gasteiger partial charge in [-0.1, -0.05) is 6.92 Å². The highest BCUT2D eigenvalue weighted by Gasteiger charge is 2.36. The molecule has 2 nitrogen and oxygen atoms in total. The van der Waals surface area contributed by atoms with Crippen LogP contribution in [0.15, 0.2) is 0 Å². The highest BCUT2D eigenvalue weighted by molar-refractivity contribution is 5.82. The minimum atomic E-state index is -0.0139. The van der Waals surface area contributed by atoms with E-state index in [2.05, 4.69) is 12.2 Å². The Morgan fingerprint density at radius 2 is 2.40 bits per heavy atom. The summed E-state index contributed by atoms with van der Waals surface area (Å²) in [6.45, 7) is 5.69. The average molecular weight is 141 g/mol. The van der Waals surface area contributed by atoms with Crippen LogP contribution in [0.25, 0.3) is 0 Å². The Labute approximate surface area is 62.0 Å². The van der Waals surface area contributed by atoms with E-state index >= 15 is 0 Å². The minimum absolute atomic E-state index is 0.0139. The van der Waals surface area contributed by atoms with E-state index < -0.39 is 0 Å². The summed E-state index contributed by atoms with van der Waals surface area (Å²) in [5.74, 6) is 0.347. The molecule has 0 saturated carbocycles. The predicted octanol–water partition coefficient (Wildman–Crippen LogP) is 0.965. The molecule has 0 amide bonds. The number of rotatable bonds is 2. The lowest BCUT2D eigenvalue weighted by Crippen LogP contribution is -2.30. The molecule has 1 aliphatic heterocycles. The number of hydrogen-bond donors (Lipinski definition) is 1.